The second-order valence-electron chi connectivity index (χ2n) is 6.19. The first-order valence-corrected chi connectivity index (χ1v) is 9.39. The van der Waals surface area contributed by atoms with Gasteiger partial charge < -0.3 is 5.32 Å². The van der Waals surface area contributed by atoms with Crippen LogP contribution in [0.1, 0.15) is 43.2 Å². The highest BCUT2D eigenvalue weighted by Crippen LogP contribution is 2.47. The van der Waals surface area contributed by atoms with Gasteiger partial charge in [-0.1, -0.05) is 38.1 Å². The number of rotatable bonds is 6. The Morgan fingerprint density at radius 2 is 1.90 bits per heavy atom. The molecule has 1 aliphatic rings. The van der Waals surface area contributed by atoms with Crippen molar-refractivity contribution in [3.05, 3.63) is 35.4 Å². The molecule has 0 aliphatic heterocycles. The minimum Gasteiger partial charge on any atom is -0.355 e. The summed E-state index contributed by atoms with van der Waals surface area (Å²) in [4.78, 5) is 11.9. The predicted molar refractivity (Wildman–Crippen MR) is 84.1 cm³/mol. The van der Waals surface area contributed by atoms with Crippen molar-refractivity contribution in [2.45, 2.75) is 32.1 Å². The van der Waals surface area contributed by atoms with Crippen molar-refractivity contribution < 1.29 is 13.2 Å². The highest BCUT2D eigenvalue weighted by Gasteiger charge is 2.43. The smallest absolute Gasteiger partial charge is 0.223 e. The van der Waals surface area contributed by atoms with Gasteiger partial charge in [0, 0.05) is 18.7 Å². The summed E-state index contributed by atoms with van der Waals surface area (Å²) in [6.45, 7) is 4.52. The summed E-state index contributed by atoms with van der Waals surface area (Å²) in [7, 11) is -3.02. The van der Waals surface area contributed by atoms with Crippen LogP contribution in [0.3, 0.4) is 0 Å². The molecule has 1 aliphatic carbocycles. The number of carbonyl (C=O) groups is 1. The lowest BCUT2D eigenvalue weighted by molar-refractivity contribution is -0.122. The van der Waals surface area contributed by atoms with Crippen molar-refractivity contribution in [2.75, 3.05) is 18.6 Å². The molecule has 2 rings (SSSR count). The molecule has 21 heavy (non-hydrogen) atoms. The molecule has 116 valence electrons. The lowest BCUT2D eigenvalue weighted by Gasteiger charge is -2.07. The van der Waals surface area contributed by atoms with Gasteiger partial charge in [0.15, 0.2) is 0 Å². The molecule has 5 heteroatoms. The Kier molecular flexibility index (Phi) is 4.71. The van der Waals surface area contributed by atoms with Crippen molar-refractivity contribution in [2.24, 2.45) is 5.92 Å². The van der Waals surface area contributed by atoms with Gasteiger partial charge in [0.1, 0.15) is 9.84 Å². The van der Waals surface area contributed by atoms with Gasteiger partial charge in [-0.05, 0) is 29.4 Å². The predicted octanol–water partition coefficient (Wildman–Crippen LogP) is 2.07. The van der Waals surface area contributed by atoms with E-state index in [0.717, 1.165) is 6.42 Å². The summed E-state index contributed by atoms with van der Waals surface area (Å²) in [5.74, 6) is 0.753. The fourth-order valence-corrected chi connectivity index (χ4v) is 2.94. The van der Waals surface area contributed by atoms with Crippen LogP contribution in [-0.4, -0.2) is 32.9 Å². The summed E-state index contributed by atoms with van der Waals surface area (Å²) >= 11 is 0. The molecule has 2 unspecified atom stereocenters. The molecular weight excluding hydrogens is 286 g/mol. The van der Waals surface area contributed by atoms with Crippen molar-refractivity contribution >= 4 is 15.7 Å². The van der Waals surface area contributed by atoms with E-state index in [4.69, 9.17) is 0 Å². The molecule has 4 nitrogen and oxygen atoms in total. The van der Waals surface area contributed by atoms with Crippen molar-refractivity contribution in [1.29, 1.82) is 0 Å². The molecule has 2 atom stereocenters. The Morgan fingerprint density at radius 3 is 2.43 bits per heavy atom. The molecule has 0 radical (unpaired) electrons. The molecular formula is C16H23NO3S. The average molecular weight is 309 g/mol. The van der Waals surface area contributed by atoms with Gasteiger partial charge in [0.05, 0.1) is 5.75 Å². The number of nitrogens with one attached hydrogen (secondary N) is 1. The molecule has 1 saturated carbocycles. The van der Waals surface area contributed by atoms with Crippen molar-refractivity contribution in [3.63, 3.8) is 0 Å². The Balaban J connectivity index is 1.85. The molecule has 0 saturated heterocycles. The van der Waals surface area contributed by atoms with Crippen LogP contribution in [0.2, 0.25) is 0 Å². The summed E-state index contributed by atoms with van der Waals surface area (Å²) in [6.07, 6.45) is 2.03. The lowest BCUT2D eigenvalue weighted by atomic mass is 10.00. The quantitative estimate of drug-likeness (QED) is 0.875. The molecule has 1 N–H and O–H groups in total. The minimum atomic E-state index is -3.02. The zero-order chi connectivity index (χ0) is 15.6. The molecule has 1 aromatic carbocycles. The first kappa shape index (κ1) is 16.0. The summed E-state index contributed by atoms with van der Waals surface area (Å²) < 4.78 is 22.0. The fourth-order valence-electron chi connectivity index (χ4n) is 2.47. The monoisotopic (exact) mass is 309 g/mol. The van der Waals surface area contributed by atoms with Crippen LogP contribution in [-0.2, 0) is 14.6 Å². The highest BCUT2D eigenvalue weighted by atomic mass is 32.2. The van der Waals surface area contributed by atoms with E-state index in [0.29, 0.717) is 5.92 Å². The number of carbonyl (C=O) groups excluding carboxylic acids is 1. The second kappa shape index (κ2) is 6.18. The van der Waals surface area contributed by atoms with Gasteiger partial charge in [-0.15, -0.1) is 0 Å². The van der Waals surface area contributed by atoms with Crippen molar-refractivity contribution in [1.82, 2.24) is 5.32 Å². The van der Waals surface area contributed by atoms with Gasteiger partial charge in [-0.25, -0.2) is 8.42 Å². The van der Waals surface area contributed by atoms with Gasteiger partial charge in [0.2, 0.25) is 5.91 Å². The van der Waals surface area contributed by atoms with Crippen LogP contribution >= 0.6 is 0 Å². The molecule has 0 heterocycles. The first-order valence-electron chi connectivity index (χ1n) is 7.33. The molecule has 1 fully saturated rings. The van der Waals surface area contributed by atoms with Gasteiger partial charge in [0.25, 0.3) is 0 Å². The van der Waals surface area contributed by atoms with E-state index >= 15 is 0 Å². The Morgan fingerprint density at radius 1 is 1.29 bits per heavy atom. The van der Waals surface area contributed by atoms with Crippen LogP contribution in [0.4, 0.5) is 0 Å². The average Bonchev–Trinajstić information content (AvgIpc) is 3.17. The third-order valence-corrected chi connectivity index (χ3v) is 4.88. The number of sulfone groups is 1. The Labute approximate surface area is 126 Å². The van der Waals surface area contributed by atoms with E-state index < -0.39 is 9.84 Å². The molecule has 0 aromatic heterocycles. The standard InChI is InChI=1S/C16H23NO3S/c1-11(2)12-4-6-13(7-5-12)14-10-15(14)16(18)17-8-9-21(3,19)20/h4-7,11,14-15H,8-10H2,1-3H3,(H,17,18). The minimum absolute atomic E-state index is 0.000782. The summed E-state index contributed by atoms with van der Waals surface area (Å²) in [5, 5.41) is 2.71. The molecule has 0 spiro atoms. The van der Waals surface area contributed by atoms with E-state index in [-0.39, 0.29) is 30.0 Å². The topological polar surface area (TPSA) is 63.2 Å². The fraction of sp³-hybridized carbons (Fsp3) is 0.562. The number of amides is 1. The number of hydrogen-bond donors (Lipinski definition) is 1. The maximum absolute atomic E-state index is 11.9. The van der Waals surface area contributed by atoms with E-state index in [2.05, 4.69) is 43.4 Å². The van der Waals surface area contributed by atoms with Crippen LogP contribution in [0.5, 0.6) is 0 Å². The molecule has 1 aromatic rings. The third-order valence-electron chi connectivity index (χ3n) is 3.93. The number of benzene rings is 1. The highest BCUT2D eigenvalue weighted by molar-refractivity contribution is 7.90. The zero-order valence-electron chi connectivity index (χ0n) is 12.8. The van der Waals surface area contributed by atoms with Crippen LogP contribution in [0.25, 0.3) is 0 Å². The number of hydrogen-bond acceptors (Lipinski definition) is 3. The third kappa shape index (κ3) is 4.56. The molecule has 1 amide bonds. The SMILES string of the molecule is CC(C)c1ccc(C2CC2C(=O)NCCS(C)(=O)=O)cc1. The van der Waals surface area contributed by atoms with Gasteiger partial charge in [-0.3, -0.25) is 4.79 Å². The Bertz CT molecular complexity index is 605. The van der Waals surface area contributed by atoms with E-state index in [9.17, 15) is 13.2 Å². The lowest BCUT2D eigenvalue weighted by Crippen LogP contribution is -2.30. The largest absolute Gasteiger partial charge is 0.355 e. The van der Waals surface area contributed by atoms with E-state index in [1.807, 2.05) is 0 Å². The van der Waals surface area contributed by atoms with Crippen LogP contribution in [0.15, 0.2) is 24.3 Å². The molecule has 0 bridgehead atoms. The normalized spacial score (nSPS) is 21.3. The summed E-state index contributed by atoms with van der Waals surface area (Å²) in [6, 6.07) is 8.45. The summed E-state index contributed by atoms with van der Waals surface area (Å²) in [5.41, 5.74) is 2.50. The first-order chi connectivity index (χ1) is 9.78. The maximum atomic E-state index is 11.9. The maximum Gasteiger partial charge on any atom is 0.223 e. The van der Waals surface area contributed by atoms with Crippen LogP contribution < -0.4 is 5.32 Å². The van der Waals surface area contributed by atoms with Crippen molar-refractivity contribution in [3.8, 4) is 0 Å². The van der Waals surface area contributed by atoms with E-state index in [1.165, 1.54) is 17.4 Å². The second-order valence-corrected chi connectivity index (χ2v) is 8.45. The Hall–Kier alpha value is -1.36. The van der Waals surface area contributed by atoms with Gasteiger partial charge in [-0.2, -0.15) is 0 Å². The van der Waals surface area contributed by atoms with Crippen LogP contribution in [0, 0.1) is 5.92 Å². The van der Waals surface area contributed by atoms with Gasteiger partial charge >= 0.3 is 0 Å². The zero-order valence-corrected chi connectivity index (χ0v) is 13.6. The van der Waals surface area contributed by atoms with E-state index in [1.54, 1.807) is 0 Å².